The van der Waals surface area contributed by atoms with Crippen LogP contribution in [0.5, 0.6) is 0 Å². The normalized spacial score (nSPS) is 22.7. The van der Waals surface area contributed by atoms with Crippen LogP contribution in [0.4, 0.5) is 0 Å². The average Bonchev–Trinajstić information content (AvgIpc) is 3.07. The van der Waals surface area contributed by atoms with Crippen molar-refractivity contribution in [2.45, 2.75) is 12.8 Å². The maximum Gasteiger partial charge on any atom is 0.269 e. The number of hydrogen-bond donors (Lipinski definition) is 2. The van der Waals surface area contributed by atoms with E-state index in [4.69, 9.17) is 4.74 Å². The summed E-state index contributed by atoms with van der Waals surface area (Å²) in [6, 6.07) is 5.67. The van der Waals surface area contributed by atoms with Gasteiger partial charge in [0.1, 0.15) is 5.70 Å². The molecule has 1 fully saturated rings. The van der Waals surface area contributed by atoms with Crippen molar-refractivity contribution in [3.63, 3.8) is 0 Å². The first-order valence-electron chi connectivity index (χ1n) is 8.47. The lowest BCUT2D eigenvalue weighted by Crippen LogP contribution is -2.54. The summed E-state index contributed by atoms with van der Waals surface area (Å²) in [5, 5.41) is 6.33. The molecule has 0 spiro atoms. The number of ether oxygens (including phenoxy) is 1. The van der Waals surface area contributed by atoms with Crippen LogP contribution >= 0.6 is 0 Å². The topological polar surface area (TPSA) is 69.7 Å². The van der Waals surface area contributed by atoms with Crippen LogP contribution in [0.25, 0.3) is 0 Å². The second kappa shape index (κ2) is 7.08. The van der Waals surface area contributed by atoms with E-state index in [-0.39, 0.29) is 12.2 Å². The number of rotatable bonds is 4. The Labute approximate surface area is 146 Å². The summed E-state index contributed by atoms with van der Waals surface area (Å²) in [7, 11) is 0. The van der Waals surface area contributed by atoms with E-state index in [2.05, 4.69) is 25.4 Å². The quantitative estimate of drug-likeness (QED) is 0.833. The first-order valence-corrected chi connectivity index (χ1v) is 8.47. The number of carbonyl (C=O) groups is 1. The van der Waals surface area contributed by atoms with Gasteiger partial charge in [-0.25, -0.2) is 0 Å². The molecule has 0 bridgehead atoms. The molecular formula is C18H21N5O2. The van der Waals surface area contributed by atoms with Gasteiger partial charge in [-0.2, -0.15) is 0 Å². The Kier molecular flexibility index (Phi) is 4.49. The van der Waals surface area contributed by atoms with Crippen molar-refractivity contribution in [3.8, 4) is 0 Å². The smallest absolute Gasteiger partial charge is 0.269 e. The zero-order valence-electron chi connectivity index (χ0n) is 13.9. The minimum atomic E-state index is -0.124. The fourth-order valence-corrected chi connectivity index (χ4v) is 3.19. The first kappa shape index (κ1) is 15.9. The molecule has 4 rings (SSSR count). The van der Waals surface area contributed by atoms with Gasteiger partial charge in [0.15, 0.2) is 6.29 Å². The number of aromatic nitrogens is 1. The number of nitrogens with zero attached hydrogens (tertiary/aromatic N) is 3. The summed E-state index contributed by atoms with van der Waals surface area (Å²) < 4.78 is 5.44. The third-order valence-electron chi connectivity index (χ3n) is 4.46. The molecule has 0 saturated carbocycles. The number of pyridine rings is 1. The molecule has 0 radical (unpaired) electrons. The molecule has 0 aromatic carbocycles. The van der Waals surface area contributed by atoms with Gasteiger partial charge in [0.25, 0.3) is 5.91 Å². The predicted octanol–water partition coefficient (Wildman–Crippen LogP) is 0.514. The van der Waals surface area contributed by atoms with Crippen molar-refractivity contribution >= 4 is 5.91 Å². The Bertz CT molecular complexity index is 722. The van der Waals surface area contributed by atoms with Crippen molar-refractivity contribution in [1.82, 2.24) is 25.4 Å². The van der Waals surface area contributed by atoms with Crippen LogP contribution in [0.2, 0.25) is 0 Å². The van der Waals surface area contributed by atoms with Gasteiger partial charge in [-0.1, -0.05) is 12.1 Å². The third kappa shape index (κ3) is 3.29. The number of fused-ring (bicyclic) bond motifs is 1. The number of allylic oxidation sites excluding steroid dienone is 3. The first-order chi connectivity index (χ1) is 12.3. The number of nitrogens with one attached hydrogen (secondary N) is 2. The highest BCUT2D eigenvalue weighted by molar-refractivity contribution is 5.94. The summed E-state index contributed by atoms with van der Waals surface area (Å²) in [5.74, 6) is -0.124. The van der Waals surface area contributed by atoms with Crippen LogP contribution in [0.1, 0.15) is 5.69 Å². The second-order valence-corrected chi connectivity index (χ2v) is 6.04. The number of morpholine rings is 1. The standard InChI is InChI=1S/C18H21N5O2/c24-17(20-13-14-5-1-3-7-19-14)16-15-6-2-4-8-23(15)18(21-16)22-9-11-25-12-10-22/h1-8,18,21H,9-13H2,(H,20,24). The van der Waals surface area contributed by atoms with E-state index in [0.717, 1.165) is 24.5 Å². The van der Waals surface area contributed by atoms with E-state index in [0.29, 0.717) is 25.5 Å². The van der Waals surface area contributed by atoms with E-state index in [1.807, 2.05) is 42.6 Å². The van der Waals surface area contributed by atoms with E-state index in [1.54, 1.807) is 6.20 Å². The van der Waals surface area contributed by atoms with Crippen molar-refractivity contribution in [2.24, 2.45) is 0 Å². The molecule has 3 aliphatic rings. The van der Waals surface area contributed by atoms with Crippen molar-refractivity contribution in [1.29, 1.82) is 0 Å². The van der Waals surface area contributed by atoms with Crippen LogP contribution in [0.15, 0.2) is 60.2 Å². The highest BCUT2D eigenvalue weighted by Crippen LogP contribution is 2.27. The Morgan fingerprint density at radius 3 is 3.00 bits per heavy atom. The molecular weight excluding hydrogens is 318 g/mol. The van der Waals surface area contributed by atoms with E-state index in [9.17, 15) is 4.79 Å². The zero-order chi connectivity index (χ0) is 17.1. The van der Waals surface area contributed by atoms with Gasteiger partial charge in [-0.15, -0.1) is 0 Å². The van der Waals surface area contributed by atoms with Gasteiger partial charge >= 0.3 is 0 Å². The lowest BCUT2D eigenvalue weighted by Gasteiger charge is -2.37. The van der Waals surface area contributed by atoms with Gasteiger partial charge < -0.3 is 20.3 Å². The lowest BCUT2D eigenvalue weighted by molar-refractivity contribution is -0.118. The van der Waals surface area contributed by atoms with Gasteiger partial charge in [0.05, 0.1) is 31.1 Å². The largest absolute Gasteiger partial charge is 0.379 e. The van der Waals surface area contributed by atoms with Crippen LogP contribution < -0.4 is 10.6 Å². The summed E-state index contributed by atoms with van der Waals surface area (Å²) >= 11 is 0. The Morgan fingerprint density at radius 1 is 1.32 bits per heavy atom. The maximum atomic E-state index is 12.7. The van der Waals surface area contributed by atoms with Crippen molar-refractivity contribution < 1.29 is 9.53 Å². The highest BCUT2D eigenvalue weighted by atomic mass is 16.5. The molecule has 1 atom stereocenters. The summed E-state index contributed by atoms with van der Waals surface area (Å²) in [4.78, 5) is 21.3. The molecule has 1 aromatic heterocycles. The molecule has 1 amide bonds. The third-order valence-corrected chi connectivity index (χ3v) is 4.46. The molecule has 3 aliphatic heterocycles. The Hall–Kier alpha value is -2.64. The molecule has 1 saturated heterocycles. The fourth-order valence-electron chi connectivity index (χ4n) is 3.19. The van der Waals surface area contributed by atoms with E-state index in [1.165, 1.54) is 0 Å². The minimum Gasteiger partial charge on any atom is -0.379 e. The fraction of sp³-hybridized carbons (Fsp3) is 0.333. The van der Waals surface area contributed by atoms with E-state index < -0.39 is 0 Å². The number of carbonyl (C=O) groups excluding carboxylic acids is 1. The summed E-state index contributed by atoms with van der Waals surface area (Å²) in [6.45, 7) is 3.49. The summed E-state index contributed by atoms with van der Waals surface area (Å²) in [5.41, 5.74) is 2.31. The molecule has 1 unspecified atom stereocenters. The molecule has 7 heteroatoms. The molecule has 0 aliphatic carbocycles. The molecule has 2 N–H and O–H groups in total. The molecule has 4 heterocycles. The monoisotopic (exact) mass is 339 g/mol. The predicted molar refractivity (Wildman–Crippen MR) is 92.5 cm³/mol. The SMILES string of the molecule is O=C(NCc1ccccn1)C1=C2C=CC=CN2C(N2CCOCC2)N1. The van der Waals surface area contributed by atoms with Gasteiger partial charge in [0.2, 0.25) is 0 Å². The van der Waals surface area contributed by atoms with Crippen LogP contribution in [0.3, 0.4) is 0 Å². The van der Waals surface area contributed by atoms with E-state index >= 15 is 0 Å². The van der Waals surface area contributed by atoms with Crippen LogP contribution in [0, 0.1) is 0 Å². The zero-order valence-corrected chi connectivity index (χ0v) is 13.9. The van der Waals surface area contributed by atoms with Crippen LogP contribution in [-0.2, 0) is 16.1 Å². The molecule has 1 aromatic rings. The van der Waals surface area contributed by atoms with Gasteiger partial charge in [0, 0.05) is 25.5 Å². The number of hydrogen-bond acceptors (Lipinski definition) is 6. The number of amides is 1. The van der Waals surface area contributed by atoms with Crippen molar-refractivity contribution in [3.05, 3.63) is 65.9 Å². The van der Waals surface area contributed by atoms with Gasteiger partial charge in [-0.05, 0) is 24.3 Å². The average molecular weight is 339 g/mol. The lowest BCUT2D eigenvalue weighted by atomic mass is 10.2. The molecule has 130 valence electrons. The maximum absolute atomic E-state index is 12.7. The minimum absolute atomic E-state index is 0.0595. The Balaban J connectivity index is 1.48. The molecule has 25 heavy (non-hydrogen) atoms. The van der Waals surface area contributed by atoms with Crippen LogP contribution in [-0.4, -0.2) is 53.3 Å². The Morgan fingerprint density at radius 2 is 2.20 bits per heavy atom. The molecule has 7 nitrogen and oxygen atoms in total. The van der Waals surface area contributed by atoms with Gasteiger partial charge in [-0.3, -0.25) is 14.7 Å². The highest BCUT2D eigenvalue weighted by Gasteiger charge is 2.36. The summed E-state index contributed by atoms with van der Waals surface area (Å²) in [6.07, 6.45) is 9.55. The van der Waals surface area contributed by atoms with Crippen molar-refractivity contribution in [2.75, 3.05) is 26.3 Å². The second-order valence-electron chi connectivity index (χ2n) is 6.04.